The van der Waals surface area contributed by atoms with Gasteiger partial charge in [0.2, 0.25) is 11.0 Å². The van der Waals surface area contributed by atoms with Gasteiger partial charge in [0.15, 0.2) is 5.76 Å². The van der Waals surface area contributed by atoms with Gasteiger partial charge in [0.25, 0.3) is 15.9 Å². The number of nitrogens with one attached hydrogen (secondary N) is 2. The molecule has 0 bridgehead atoms. The molecule has 0 radical (unpaired) electrons. The van der Waals surface area contributed by atoms with E-state index in [2.05, 4.69) is 5.32 Å². The number of benzene rings is 1. The Hall–Kier alpha value is -2.86. The molecule has 2 amide bonds. The number of amides is 2. The van der Waals surface area contributed by atoms with Gasteiger partial charge in [0.1, 0.15) is 0 Å². The van der Waals surface area contributed by atoms with Gasteiger partial charge < -0.3 is 14.6 Å². The first kappa shape index (κ1) is 22.8. The van der Waals surface area contributed by atoms with Crippen LogP contribution in [0.2, 0.25) is 0 Å². The molecule has 2 heterocycles. The molecule has 2 N–H and O–H groups in total. The van der Waals surface area contributed by atoms with Crippen LogP contribution in [0.3, 0.4) is 0 Å². The van der Waals surface area contributed by atoms with E-state index in [1.165, 1.54) is 24.1 Å². The van der Waals surface area contributed by atoms with Crippen LogP contribution in [0.1, 0.15) is 40.6 Å². The van der Waals surface area contributed by atoms with E-state index in [4.69, 9.17) is 4.42 Å². The van der Waals surface area contributed by atoms with Crippen LogP contribution < -0.4 is 10.0 Å². The van der Waals surface area contributed by atoms with Gasteiger partial charge in [0.05, 0.1) is 11.6 Å². The third-order valence-electron chi connectivity index (χ3n) is 4.83. The van der Waals surface area contributed by atoms with Crippen molar-refractivity contribution in [3.8, 4) is 0 Å². The lowest BCUT2D eigenvalue weighted by atomic mass is 10.0. The summed E-state index contributed by atoms with van der Waals surface area (Å²) >= 11 is 0. The van der Waals surface area contributed by atoms with Gasteiger partial charge in [-0.3, -0.25) is 9.59 Å². The Morgan fingerprint density at radius 1 is 1.26 bits per heavy atom. The fourth-order valence-corrected chi connectivity index (χ4v) is 3.85. The van der Waals surface area contributed by atoms with Crippen LogP contribution in [-0.2, 0) is 21.0 Å². The van der Waals surface area contributed by atoms with Gasteiger partial charge in [-0.2, -0.15) is 13.2 Å². The molecule has 0 spiro atoms. The van der Waals surface area contributed by atoms with Crippen molar-refractivity contribution in [1.29, 1.82) is 0 Å². The summed E-state index contributed by atoms with van der Waals surface area (Å²) in [5, 5.41) is 2.07. The zero-order valence-electron chi connectivity index (χ0n) is 16.4. The van der Waals surface area contributed by atoms with Crippen molar-refractivity contribution in [2.45, 2.75) is 30.2 Å². The number of rotatable bonds is 7. The summed E-state index contributed by atoms with van der Waals surface area (Å²) < 4.78 is 70.1. The SMILES string of the molecule is CNS(=O)(=O)c1ccc(C(=O)NC(CN2CCCC2=O)c2cccc(C(F)(F)F)c2)o1. The lowest BCUT2D eigenvalue weighted by Gasteiger charge is -2.25. The third-order valence-corrected chi connectivity index (χ3v) is 6.12. The minimum absolute atomic E-state index is 0.0335. The Balaban J connectivity index is 1.88. The molecule has 1 aromatic heterocycles. The summed E-state index contributed by atoms with van der Waals surface area (Å²) in [6.07, 6.45) is -3.64. The fourth-order valence-electron chi connectivity index (χ4n) is 3.20. The summed E-state index contributed by atoms with van der Waals surface area (Å²) in [6.45, 7) is 0.393. The van der Waals surface area contributed by atoms with E-state index in [9.17, 15) is 31.2 Å². The Morgan fingerprint density at radius 2 is 2.00 bits per heavy atom. The smallest absolute Gasteiger partial charge is 0.416 e. The number of furan rings is 1. The van der Waals surface area contributed by atoms with Crippen LogP contribution in [0.25, 0.3) is 0 Å². The van der Waals surface area contributed by atoms with Crippen molar-refractivity contribution in [1.82, 2.24) is 14.9 Å². The summed E-state index contributed by atoms with van der Waals surface area (Å²) in [5.41, 5.74) is -0.741. The van der Waals surface area contributed by atoms with Crippen molar-refractivity contribution in [2.75, 3.05) is 20.1 Å². The van der Waals surface area contributed by atoms with Crippen molar-refractivity contribution < 1.29 is 35.6 Å². The molecular formula is C19H20F3N3O5S. The first-order valence-corrected chi connectivity index (χ1v) is 10.8. The number of hydrogen-bond acceptors (Lipinski definition) is 5. The number of halogens is 3. The highest BCUT2D eigenvalue weighted by Crippen LogP contribution is 2.31. The van der Waals surface area contributed by atoms with Crippen molar-refractivity contribution in [3.63, 3.8) is 0 Å². The predicted octanol–water partition coefficient (Wildman–Crippen LogP) is 2.30. The molecule has 1 atom stereocenters. The molecule has 31 heavy (non-hydrogen) atoms. The number of nitrogens with zero attached hydrogens (tertiary/aromatic N) is 1. The number of likely N-dealkylation sites (tertiary alicyclic amines) is 1. The second-order valence-electron chi connectivity index (χ2n) is 6.92. The van der Waals surface area contributed by atoms with Crippen LogP contribution in [-0.4, -0.2) is 45.3 Å². The van der Waals surface area contributed by atoms with E-state index in [-0.39, 0.29) is 23.8 Å². The maximum absolute atomic E-state index is 13.1. The van der Waals surface area contributed by atoms with Crippen LogP contribution in [0.4, 0.5) is 13.2 Å². The van der Waals surface area contributed by atoms with Gasteiger partial charge in [0, 0.05) is 19.5 Å². The van der Waals surface area contributed by atoms with Crippen LogP contribution in [0.5, 0.6) is 0 Å². The average Bonchev–Trinajstić information content (AvgIpc) is 3.37. The minimum Gasteiger partial charge on any atom is -0.438 e. The number of hydrogen-bond donors (Lipinski definition) is 2. The molecule has 0 saturated carbocycles. The van der Waals surface area contributed by atoms with Crippen LogP contribution >= 0.6 is 0 Å². The van der Waals surface area contributed by atoms with Crippen molar-refractivity contribution in [2.24, 2.45) is 0 Å². The second kappa shape index (κ2) is 8.71. The number of alkyl halides is 3. The molecule has 0 aliphatic carbocycles. The number of carbonyl (C=O) groups is 2. The standard InChI is InChI=1S/C19H20F3N3O5S/c1-23-31(28,29)17-8-7-15(30-17)18(27)24-14(11-25-9-3-6-16(25)26)12-4-2-5-13(10-12)19(20,21)22/h2,4-5,7-8,10,14,23H,3,6,9,11H2,1H3,(H,24,27). The lowest BCUT2D eigenvalue weighted by molar-refractivity contribution is -0.137. The summed E-state index contributed by atoms with van der Waals surface area (Å²) in [6, 6.07) is 5.71. The molecule has 3 rings (SSSR count). The summed E-state index contributed by atoms with van der Waals surface area (Å²) in [4.78, 5) is 26.1. The van der Waals surface area contributed by atoms with Crippen molar-refractivity contribution in [3.05, 3.63) is 53.3 Å². The fraction of sp³-hybridized carbons (Fsp3) is 0.368. The van der Waals surface area contributed by atoms with Gasteiger partial charge in [-0.25, -0.2) is 13.1 Å². The molecule has 1 fully saturated rings. The lowest BCUT2D eigenvalue weighted by Crippen LogP contribution is -2.38. The highest BCUT2D eigenvalue weighted by Gasteiger charge is 2.32. The molecule has 1 aliphatic heterocycles. The van der Waals surface area contributed by atoms with E-state index in [1.54, 1.807) is 0 Å². The normalized spacial score (nSPS) is 15.9. The Bertz CT molecular complexity index is 1080. The van der Waals surface area contributed by atoms with Gasteiger partial charge >= 0.3 is 6.18 Å². The quantitative estimate of drug-likeness (QED) is 0.661. The van der Waals surface area contributed by atoms with E-state index in [0.29, 0.717) is 19.4 Å². The Kier molecular flexibility index (Phi) is 6.41. The number of sulfonamides is 1. The Labute approximate surface area is 176 Å². The highest BCUT2D eigenvalue weighted by molar-refractivity contribution is 7.89. The molecule has 168 valence electrons. The maximum Gasteiger partial charge on any atom is 0.416 e. The molecule has 8 nitrogen and oxygen atoms in total. The van der Waals surface area contributed by atoms with E-state index < -0.39 is 38.8 Å². The van der Waals surface area contributed by atoms with Gasteiger partial charge in [-0.1, -0.05) is 12.1 Å². The van der Waals surface area contributed by atoms with Crippen LogP contribution in [0, 0.1) is 0 Å². The zero-order chi connectivity index (χ0) is 22.8. The first-order valence-electron chi connectivity index (χ1n) is 9.30. The largest absolute Gasteiger partial charge is 0.438 e. The zero-order valence-corrected chi connectivity index (χ0v) is 17.2. The minimum atomic E-state index is -4.58. The predicted molar refractivity (Wildman–Crippen MR) is 102 cm³/mol. The highest BCUT2D eigenvalue weighted by atomic mass is 32.2. The molecule has 1 aromatic carbocycles. The summed E-state index contributed by atoms with van der Waals surface area (Å²) in [7, 11) is -2.74. The van der Waals surface area contributed by atoms with Gasteiger partial charge in [-0.15, -0.1) is 0 Å². The number of carbonyl (C=O) groups excluding carboxylic acids is 2. The molecule has 12 heteroatoms. The van der Waals surface area contributed by atoms with Crippen molar-refractivity contribution >= 4 is 21.8 Å². The monoisotopic (exact) mass is 459 g/mol. The molecule has 2 aromatic rings. The van der Waals surface area contributed by atoms with Gasteiger partial charge in [-0.05, 0) is 43.3 Å². The van der Waals surface area contributed by atoms with E-state index >= 15 is 0 Å². The first-order chi connectivity index (χ1) is 14.5. The second-order valence-corrected chi connectivity index (χ2v) is 8.74. The maximum atomic E-state index is 13.1. The molecular weight excluding hydrogens is 439 g/mol. The third kappa shape index (κ3) is 5.25. The molecule has 1 aliphatic rings. The van der Waals surface area contributed by atoms with E-state index in [1.807, 2.05) is 4.72 Å². The molecule has 1 saturated heterocycles. The van der Waals surface area contributed by atoms with Crippen LogP contribution in [0.15, 0.2) is 45.9 Å². The summed E-state index contributed by atoms with van der Waals surface area (Å²) in [5.74, 6) is -1.32. The molecule has 1 unspecified atom stereocenters. The van der Waals surface area contributed by atoms with E-state index in [0.717, 1.165) is 24.3 Å². The Morgan fingerprint density at radius 3 is 2.61 bits per heavy atom. The average molecular weight is 459 g/mol. The topological polar surface area (TPSA) is 109 Å².